The van der Waals surface area contributed by atoms with Crippen LogP contribution >= 0.6 is 0 Å². The molecule has 1 aliphatic carbocycles. The molecular weight excluding hydrogens is 344 g/mol. The maximum absolute atomic E-state index is 13.2. The van der Waals surface area contributed by atoms with E-state index in [4.69, 9.17) is 11.5 Å². The Labute approximate surface area is 155 Å². The van der Waals surface area contributed by atoms with E-state index in [1.165, 1.54) is 6.33 Å². The van der Waals surface area contributed by atoms with Gasteiger partial charge in [-0.25, -0.2) is 14.8 Å². The number of aromatic nitrogens is 3. The largest absolute Gasteiger partial charge is 0.383 e. The number of amides is 2. The highest BCUT2D eigenvalue weighted by atomic mass is 16.2. The highest BCUT2D eigenvalue weighted by molar-refractivity contribution is 6.18. The summed E-state index contributed by atoms with van der Waals surface area (Å²) >= 11 is 0. The Bertz CT molecular complexity index is 1040. The number of anilines is 2. The van der Waals surface area contributed by atoms with Crippen LogP contribution in [0.4, 0.5) is 16.3 Å². The van der Waals surface area contributed by atoms with Crippen LogP contribution < -0.4 is 16.8 Å². The summed E-state index contributed by atoms with van der Waals surface area (Å²) in [6, 6.07) is 6.26. The number of ketones is 1. The van der Waals surface area contributed by atoms with E-state index in [0.29, 0.717) is 33.9 Å². The number of hydrogen-bond acceptors (Lipinski definition) is 5. The van der Waals surface area contributed by atoms with E-state index < -0.39 is 6.03 Å². The van der Waals surface area contributed by atoms with Crippen LogP contribution in [0.25, 0.3) is 11.0 Å². The van der Waals surface area contributed by atoms with Gasteiger partial charge in [-0.15, -0.1) is 0 Å². The monoisotopic (exact) mass is 364 g/mol. The molecular formula is C19H20N6O2. The minimum atomic E-state index is -0.685. The first-order valence-corrected chi connectivity index (χ1v) is 8.87. The average Bonchev–Trinajstić information content (AvgIpc) is 3.29. The fraction of sp³-hybridized carbons (Fsp3) is 0.263. The van der Waals surface area contributed by atoms with E-state index in [1.54, 1.807) is 24.3 Å². The van der Waals surface area contributed by atoms with Crippen LogP contribution in [0.2, 0.25) is 0 Å². The molecule has 2 heterocycles. The van der Waals surface area contributed by atoms with Gasteiger partial charge in [0.1, 0.15) is 17.8 Å². The molecule has 5 N–H and O–H groups in total. The van der Waals surface area contributed by atoms with Gasteiger partial charge in [-0.3, -0.25) is 4.79 Å². The van der Waals surface area contributed by atoms with E-state index in [2.05, 4.69) is 19.9 Å². The molecule has 0 aliphatic heterocycles. The van der Waals surface area contributed by atoms with E-state index in [9.17, 15) is 9.59 Å². The number of nitrogens with one attached hydrogen (secondary N) is 1. The SMILES string of the molecule is NC(=O)Nc1cccc(C(=O)c2cn(C3CCCC3)c3ncnc(N)c23)c1. The van der Waals surface area contributed by atoms with Gasteiger partial charge in [-0.2, -0.15) is 0 Å². The Morgan fingerprint density at radius 3 is 2.70 bits per heavy atom. The molecule has 0 radical (unpaired) electrons. The standard InChI is InChI=1S/C19H20N6O2/c20-17-15-14(16(26)11-4-3-5-12(8-11)24-19(21)27)9-25(13-6-1-2-7-13)18(15)23-10-22-17/h3-5,8-10,13H,1-2,6-7H2,(H2,20,22,23)(H3,21,24,27). The van der Waals surface area contributed by atoms with Gasteiger partial charge in [-0.05, 0) is 25.0 Å². The van der Waals surface area contributed by atoms with Crippen molar-refractivity contribution in [1.82, 2.24) is 14.5 Å². The molecule has 0 bridgehead atoms. The lowest BCUT2D eigenvalue weighted by atomic mass is 10.0. The second kappa shape index (κ2) is 6.71. The summed E-state index contributed by atoms with van der Waals surface area (Å²) < 4.78 is 2.05. The van der Waals surface area contributed by atoms with E-state index in [-0.39, 0.29) is 11.6 Å². The molecule has 0 atom stereocenters. The summed E-state index contributed by atoms with van der Waals surface area (Å²) in [6.07, 6.45) is 7.69. The zero-order valence-corrected chi connectivity index (χ0v) is 14.7. The Morgan fingerprint density at radius 2 is 1.96 bits per heavy atom. The Kier molecular flexibility index (Phi) is 4.23. The minimum absolute atomic E-state index is 0.202. The summed E-state index contributed by atoms with van der Waals surface area (Å²) in [4.78, 5) is 32.7. The number of rotatable bonds is 4. The number of fused-ring (bicyclic) bond motifs is 1. The molecule has 4 rings (SSSR count). The maximum Gasteiger partial charge on any atom is 0.316 e. The zero-order chi connectivity index (χ0) is 19.0. The van der Waals surface area contributed by atoms with Gasteiger partial charge in [0, 0.05) is 23.5 Å². The number of carbonyl (C=O) groups excluding carboxylic acids is 2. The number of primary amides is 1. The lowest BCUT2D eigenvalue weighted by Crippen LogP contribution is -2.19. The highest BCUT2D eigenvalue weighted by Gasteiger charge is 2.25. The van der Waals surface area contributed by atoms with Crippen LogP contribution in [0.1, 0.15) is 47.6 Å². The summed E-state index contributed by atoms with van der Waals surface area (Å²) in [5, 5.41) is 3.05. The molecule has 8 nitrogen and oxygen atoms in total. The van der Waals surface area contributed by atoms with Gasteiger partial charge in [0.25, 0.3) is 0 Å². The molecule has 27 heavy (non-hydrogen) atoms. The van der Waals surface area contributed by atoms with Gasteiger partial charge in [0.2, 0.25) is 0 Å². The third kappa shape index (κ3) is 3.10. The zero-order valence-electron chi connectivity index (χ0n) is 14.7. The van der Waals surface area contributed by atoms with Crippen molar-refractivity contribution in [3.05, 3.63) is 47.9 Å². The first-order valence-electron chi connectivity index (χ1n) is 8.87. The first-order chi connectivity index (χ1) is 13.0. The molecule has 138 valence electrons. The number of benzene rings is 1. The quantitative estimate of drug-likeness (QED) is 0.613. The van der Waals surface area contributed by atoms with Crippen LogP contribution in [-0.4, -0.2) is 26.3 Å². The van der Waals surface area contributed by atoms with Gasteiger partial charge >= 0.3 is 6.03 Å². The summed E-state index contributed by atoms with van der Waals surface area (Å²) in [7, 11) is 0. The predicted molar refractivity (Wildman–Crippen MR) is 103 cm³/mol. The van der Waals surface area contributed by atoms with E-state index in [0.717, 1.165) is 25.7 Å². The van der Waals surface area contributed by atoms with Crippen molar-refractivity contribution < 1.29 is 9.59 Å². The topological polar surface area (TPSA) is 129 Å². The van der Waals surface area contributed by atoms with Crippen LogP contribution in [0.3, 0.4) is 0 Å². The highest BCUT2D eigenvalue weighted by Crippen LogP contribution is 2.35. The molecule has 2 aromatic heterocycles. The number of nitrogens with two attached hydrogens (primary N) is 2. The summed E-state index contributed by atoms with van der Waals surface area (Å²) in [6.45, 7) is 0. The Hall–Kier alpha value is -3.42. The number of hydrogen-bond donors (Lipinski definition) is 3. The lowest BCUT2D eigenvalue weighted by Gasteiger charge is -2.12. The van der Waals surface area contributed by atoms with Crippen molar-refractivity contribution in [1.29, 1.82) is 0 Å². The minimum Gasteiger partial charge on any atom is -0.383 e. The number of nitrogen functional groups attached to an aromatic ring is 1. The van der Waals surface area contributed by atoms with Crippen LogP contribution in [0.5, 0.6) is 0 Å². The van der Waals surface area contributed by atoms with Crippen LogP contribution in [-0.2, 0) is 0 Å². The smallest absolute Gasteiger partial charge is 0.316 e. The molecule has 8 heteroatoms. The number of urea groups is 1. The Morgan fingerprint density at radius 1 is 1.19 bits per heavy atom. The Balaban J connectivity index is 1.81. The summed E-state index contributed by atoms with van der Waals surface area (Å²) in [5.41, 5.74) is 13.3. The second-order valence-corrected chi connectivity index (χ2v) is 6.75. The normalized spacial score (nSPS) is 14.5. The summed E-state index contributed by atoms with van der Waals surface area (Å²) in [5.74, 6) is 0.0814. The van der Waals surface area contributed by atoms with Gasteiger partial charge in [0.05, 0.1) is 10.9 Å². The number of nitrogens with zero attached hydrogens (tertiary/aromatic N) is 3. The molecule has 1 saturated carbocycles. The van der Waals surface area contributed by atoms with Crippen LogP contribution in [0.15, 0.2) is 36.8 Å². The van der Waals surface area contributed by atoms with Crippen molar-refractivity contribution in [2.45, 2.75) is 31.7 Å². The second-order valence-electron chi connectivity index (χ2n) is 6.75. The van der Waals surface area contributed by atoms with E-state index in [1.807, 2.05) is 6.20 Å². The van der Waals surface area contributed by atoms with Crippen LogP contribution in [0, 0.1) is 0 Å². The molecule has 1 aromatic carbocycles. The molecule has 0 saturated heterocycles. The van der Waals surface area contributed by atoms with E-state index >= 15 is 0 Å². The maximum atomic E-state index is 13.2. The predicted octanol–water partition coefficient (Wildman–Crippen LogP) is 2.85. The third-order valence-corrected chi connectivity index (χ3v) is 4.99. The number of carbonyl (C=O) groups is 2. The molecule has 1 fully saturated rings. The molecule has 2 amide bonds. The van der Waals surface area contributed by atoms with Gasteiger partial charge in [0.15, 0.2) is 5.78 Å². The van der Waals surface area contributed by atoms with Gasteiger partial charge < -0.3 is 21.4 Å². The molecule has 0 spiro atoms. The van der Waals surface area contributed by atoms with Gasteiger partial charge in [-0.1, -0.05) is 25.0 Å². The fourth-order valence-corrected chi connectivity index (χ4v) is 3.78. The fourth-order valence-electron chi connectivity index (χ4n) is 3.78. The van der Waals surface area contributed by atoms with Crippen molar-refractivity contribution in [3.63, 3.8) is 0 Å². The molecule has 1 aliphatic rings. The van der Waals surface area contributed by atoms with Crippen molar-refractivity contribution in [2.75, 3.05) is 11.1 Å². The van der Waals surface area contributed by atoms with Crippen molar-refractivity contribution >= 4 is 34.4 Å². The third-order valence-electron chi connectivity index (χ3n) is 4.99. The van der Waals surface area contributed by atoms with Crippen molar-refractivity contribution in [3.8, 4) is 0 Å². The first kappa shape index (κ1) is 17.0. The lowest BCUT2D eigenvalue weighted by molar-refractivity contribution is 0.104. The molecule has 3 aromatic rings. The average molecular weight is 364 g/mol. The molecule has 0 unspecified atom stereocenters. The van der Waals surface area contributed by atoms with Crippen molar-refractivity contribution in [2.24, 2.45) is 5.73 Å².